The van der Waals surface area contributed by atoms with Crippen molar-refractivity contribution >= 4 is 22.5 Å². The zero-order chi connectivity index (χ0) is 19.7. The standard InChI is InChI=1S/C19H22N6O3/c1-13-10-15-17(28-13)11-16-19(27)24(22-14(2)25(15)16)8-4-18(26)21-5-3-7-23-9-6-20-12-23/h6,9-12H,3-5,7-8H2,1-2H3,(H,21,26). The van der Waals surface area contributed by atoms with Crippen LogP contribution in [0.4, 0.5) is 0 Å². The van der Waals surface area contributed by atoms with Crippen molar-refractivity contribution in [3.8, 4) is 0 Å². The SMILES string of the molecule is Cc1cc2c(cc3c(=O)n(CCC(=O)NCCCn4ccnc4)nc(C)n32)o1. The Hall–Kier alpha value is -3.36. The number of amides is 1. The first kappa shape index (κ1) is 18.0. The Morgan fingerprint density at radius 1 is 1.21 bits per heavy atom. The van der Waals surface area contributed by atoms with Crippen LogP contribution in [0.2, 0.25) is 0 Å². The molecule has 0 radical (unpaired) electrons. The lowest BCUT2D eigenvalue weighted by Crippen LogP contribution is -2.30. The van der Waals surface area contributed by atoms with E-state index in [1.54, 1.807) is 23.0 Å². The predicted octanol–water partition coefficient (Wildman–Crippen LogP) is 1.65. The van der Waals surface area contributed by atoms with Crippen molar-refractivity contribution < 1.29 is 9.21 Å². The third-order valence-corrected chi connectivity index (χ3v) is 4.68. The summed E-state index contributed by atoms with van der Waals surface area (Å²) in [6.07, 6.45) is 6.37. The Labute approximate surface area is 160 Å². The van der Waals surface area contributed by atoms with E-state index in [4.69, 9.17) is 4.42 Å². The molecular formula is C19H22N6O3. The number of nitrogens with one attached hydrogen (secondary N) is 1. The van der Waals surface area contributed by atoms with Gasteiger partial charge < -0.3 is 14.3 Å². The second-order valence-electron chi connectivity index (χ2n) is 6.80. The minimum absolute atomic E-state index is 0.100. The van der Waals surface area contributed by atoms with Crippen LogP contribution in [0.5, 0.6) is 0 Å². The van der Waals surface area contributed by atoms with Gasteiger partial charge in [-0.15, -0.1) is 0 Å². The fourth-order valence-electron chi connectivity index (χ4n) is 3.37. The van der Waals surface area contributed by atoms with Crippen LogP contribution < -0.4 is 10.9 Å². The first-order valence-corrected chi connectivity index (χ1v) is 9.24. The number of hydrogen-bond acceptors (Lipinski definition) is 5. The number of carbonyl (C=O) groups is 1. The van der Waals surface area contributed by atoms with Crippen LogP contribution in [0.25, 0.3) is 16.6 Å². The van der Waals surface area contributed by atoms with E-state index in [0.29, 0.717) is 23.5 Å². The number of rotatable bonds is 7. The molecule has 28 heavy (non-hydrogen) atoms. The Balaban J connectivity index is 1.39. The molecule has 0 aliphatic carbocycles. The molecule has 0 bridgehead atoms. The minimum atomic E-state index is -0.234. The Kier molecular flexibility index (Phi) is 4.72. The van der Waals surface area contributed by atoms with Crippen molar-refractivity contribution in [1.29, 1.82) is 0 Å². The van der Waals surface area contributed by atoms with Crippen LogP contribution in [0.3, 0.4) is 0 Å². The van der Waals surface area contributed by atoms with Crippen LogP contribution in [0.15, 0.2) is 40.1 Å². The lowest BCUT2D eigenvalue weighted by atomic mass is 10.3. The summed E-state index contributed by atoms with van der Waals surface area (Å²) in [6, 6.07) is 3.62. The quantitative estimate of drug-likeness (QED) is 0.490. The second kappa shape index (κ2) is 7.34. The number of nitrogens with zero attached hydrogens (tertiary/aromatic N) is 5. The van der Waals surface area contributed by atoms with Crippen molar-refractivity contribution in [3.63, 3.8) is 0 Å². The number of carbonyl (C=O) groups excluding carboxylic acids is 1. The zero-order valence-electron chi connectivity index (χ0n) is 15.9. The van der Waals surface area contributed by atoms with Gasteiger partial charge in [0.25, 0.3) is 5.56 Å². The number of fused-ring (bicyclic) bond motifs is 3. The maximum atomic E-state index is 12.7. The molecule has 0 aliphatic rings. The highest BCUT2D eigenvalue weighted by atomic mass is 16.3. The van der Waals surface area contributed by atoms with Crippen molar-refractivity contribution in [1.82, 2.24) is 29.0 Å². The molecule has 0 unspecified atom stereocenters. The third kappa shape index (κ3) is 3.42. The molecule has 146 valence electrons. The van der Waals surface area contributed by atoms with Gasteiger partial charge in [-0.2, -0.15) is 5.10 Å². The van der Waals surface area contributed by atoms with Gasteiger partial charge in [-0.25, -0.2) is 9.67 Å². The van der Waals surface area contributed by atoms with Gasteiger partial charge in [-0.3, -0.25) is 14.0 Å². The van der Waals surface area contributed by atoms with Gasteiger partial charge in [0.05, 0.1) is 18.4 Å². The largest absolute Gasteiger partial charge is 0.460 e. The van der Waals surface area contributed by atoms with E-state index in [0.717, 1.165) is 24.2 Å². The summed E-state index contributed by atoms with van der Waals surface area (Å²) in [5.41, 5.74) is 1.76. The van der Waals surface area contributed by atoms with Gasteiger partial charge in [0.2, 0.25) is 5.91 Å². The molecule has 4 heterocycles. The number of aromatic nitrogens is 5. The van der Waals surface area contributed by atoms with Crippen LogP contribution in [0.1, 0.15) is 24.4 Å². The normalized spacial score (nSPS) is 11.5. The smallest absolute Gasteiger partial charge is 0.291 e. The van der Waals surface area contributed by atoms with Crippen LogP contribution in [-0.4, -0.2) is 36.2 Å². The number of furan rings is 1. The highest BCUT2D eigenvalue weighted by Gasteiger charge is 2.15. The second-order valence-corrected chi connectivity index (χ2v) is 6.80. The molecule has 9 nitrogen and oxygen atoms in total. The topological polar surface area (TPSA) is 99.4 Å². The van der Waals surface area contributed by atoms with E-state index in [1.165, 1.54) is 4.68 Å². The summed E-state index contributed by atoms with van der Waals surface area (Å²) in [5, 5.41) is 7.24. The molecule has 0 aliphatic heterocycles. The van der Waals surface area contributed by atoms with Gasteiger partial charge in [0, 0.05) is 44.0 Å². The minimum Gasteiger partial charge on any atom is -0.460 e. The van der Waals surface area contributed by atoms with Crippen LogP contribution >= 0.6 is 0 Å². The van der Waals surface area contributed by atoms with E-state index in [2.05, 4.69) is 15.4 Å². The highest BCUT2D eigenvalue weighted by Crippen LogP contribution is 2.22. The molecule has 4 rings (SSSR count). The lowest BCUT2D eigenvalue weighted by Gasteiger charge is -2.09. The van der Waals surface area contributed by atoms with Gasteiger partial charge in [0.15, 0.2) is 5.58 Å². The molecule has 0 spiro atoms. The van der Waals surface area contributed by atoms with Gasteiger partial charge >= 0.3 is 0 Å². The lowest BCUT2D eigenvalue weighted by molar-refractivity contribution is -0.121. The van der Waals surface area contributed by atoms with Gasteiger partial charge in [0.1, 0.15) is 17.1 Å². The summed E-state index contributed by atoms with van der Waals surface area (Å²) in [5.74, 6) is 1.36. The van der Waals surface area contributed by atoms with Crippen molar-refractivity contribution in [3.05, 3.63) is 52.8 Å². The fourth-order valence-corrected chi connectivity index (χ4v) is 3.37. The fraction of sp³-hybridized carbons (Fsp3) is 0.368. The summed E-state index contributed by atoms with van der Waals surface area (Å²) < 4.78 is 10.7. The Bertz CT molecular complexity index is 1180. The summed E-state index contributed by atoms with van der Waals surface area (Å²) in [7, 11) is 0. The van der Waals surface area contributed by atoms with E-state index < -0.39 is 0 Å². The molecule has 0 aromatic carbocycles. The van der Waals surface area contributed by atoms with E-state index in [1.807, 2.05) is 30.7 Å². The molecule has 0 saturated carbocycles. The van der Waals surface area contributed by atoms with Gasteiger partial charge in [-0.05, 0) is 20.3 Å². The molecule has 4 aromatic rings. The highest BCUT2D eigenvalue weighted by molar-refractivity contribution is 5.83. The summed E-state index contributed by atoms with van der Waals surface area (Å²) in [6.45, 7) is 5.30. The average Bonchev–Trinajstić information content (AvgIpc) is 3.36. The monoisotopic (exact) mass is 382 g/mol. The predicted molar refractivity (Wildman–Crippen MR) is 103 cm³/mol. The zero-order valence-corrected chi connectivity index (χ0v) is 15.9. The number of hydrogen-bond donors (Lipinski definition) is 1. The molecule has 0 atom stereocenters. The van der Waals surface area contributed by atoms with E-state index in [-0.39, 0.29) is 24.4 Å². The summed E-state index contributed by atoms with van der Waals surface area (Å²) >= 11 is 0. The Morgan fingerprint density at radius 3 is 2.86 bits per heavy atom. The van der Waals surface area contributed by atoms with Gasteiger partial charge in [-0.1, -0.05) is 0 Å². The van der Waals surface area contributed by atoms with E-state index in [9.17, 15) is 9.59 Å². The molecule has 0 saturated heterocycles. The van der Waals surface area contributed by atoms with Crippen LogP contribution in [0, 0.1) is 13.8 Å². The molecular weight excluding hydrogens is 360 g/mol. The number of imidazole rings is 1. The molecule has 1 N–H and O–H groups in total. The first-order valence-electron chi connectivity index (χ1n) is 9.24. The molecule has 4 aromatic heterocycles. The number of aryl methyl sites for hydroxylation is 4. The van der Waals surface area contributed by atoms with Crippen molar-refractivity contribution in [2.75, 3.05) is 6.54 Å². The Morgan fingerprint density at radius 2 is 2.07 bits per heavy atom. The van der Waals surface area contributed by atoms with Crippen molar-refractivity contribution in [2.45, 2.75) is 39.8 Å². The maximum Gasteiger partial charge on any atom is 0.291 e. The maximum absolute atomic E-state index is 12.7. The van der Waals surface area contributed by atoms with Crippen molar-refractivity contribution in [2.24, 2.45) is 0 Å². The molecule has 0 fully saturated rings. The average molecular weight is 382 g/mol. The third-order valence-electron chi connectivity index (χ3n) is 4.68. The van der Waals surface area contributed by atoms with E-state index >= 15 is 0 Å². The molecule has 9 heteroatoms. The van der Waals surface area contributed by atoms with Crippen LogP contribution in [-0.2, 0) is 17.9 Å². The summed E-state index contributed by atoms with van der Waals surface area (Å²) in [4.78, 5) is 28.8. The molecule has 1 amide bonds. The first-order chi connectivity index (χ1) is 13.5.